The predicted molar refractivity (Wildman–Crippen MR) is 122 cm³/mol. The van der Waals surface area contributed by atoms with Crippen LogP contribution in [0.1, 0.15) is 82.3 Å². The SMILES string of the molecule is Cc1nnc(CN=C(NC2CCCCC2)NC2CCN(C(=O)C3CCCCC3)C2)n1C. The number of likely N-dealkylation sites (tertiary alicyclic amines) is 1. The van der Waals surface area contributed by atoms with Crippen LogP contribution in [-0.2, 0) is 18.4 Å². The predicted octanol–water partition coefficient (Wildman–Crippen LogP) is 2.67. The Morgan fingerprint density at radius 1 is 0.968 bits per heavy atom. The average Bonchev–Trinajstić information content (AvgIpc) is 3.40. The number of nitrogens with zero attached hydrogens (tertiary/aromatic N) is 5. The summed E-state index contributed by atoms with van der Waals surface area (Å²) in [6, 6.07) is 0.728. The molecule has 1 aromatic heterocycles. The van der Waals surface area contributed by atoms with Crippen molar-refractivity contribution < 1.29 is 4.79 Å². The standard InChI is InChI=1S/C23H39N7O/c1-17-27-28-21(29(17)2)15-24-23(25-19-11-7-4-8-12-19)26-20-13-14-30(16-20)22(31)18-9-5-3-6-10-18/h18-20H,3-16H2,1-2H3,(H2,24,25,26). The van der Waals surface area contributed by atoms with E-state index in [4.69, 9.17) is 4.99 Å². The van der Waals surface area contributed by atoms with Crippen molar-refractivity contribution >= 4 is 11.9 Å². The Morgan fingerprint density at radius 3 is 2.32 bits per heavy atom. The second kappa shape index (κ2) is 10.5. The van der Waals surface area contributed by atoms with E-state index in [0.29, 0.717) is 18.5 Å². The highest BCUT2D eigenvalue weighted by Crippen LogP contribution is 2.27. The van der Waals surface area contributed by atoms with Crippen molar-refractivity contribution in [2.45, 2.75) is 96.2 Å². The molecule has 31 heavy (non-hydrogen) atoms. The highest BCUT2D eigenvalue weighted by Gasteiger charge is 2.32. The van der Waals surface area contributed by atoms with Gasteiger partial charge in [-0.1, -0.05) is 38.5 Å². The molecule has 0 radical (unpaired) electrons. The summed E-state index contributed by atoms with van der Waals surface area (Å²) in [5, 5.41) is 15.7. The molecule has 8 heteroatoms. The Bertz CT molecular complexity index is 762. The van der Waals surface area contributed by atoms with Gasteiger partial charge in [0.2, 0.25) is 5.91 Å². The first-order valence-corrected chi connectivity index (χ1v) is 12.3. The first-order valence-electron chi connectivity index (χ1n) is 12.3. The van der Waals surface area contributed by atoms with Gasteiger partial charge in [-0.3, -0.25) is 4.79 Å². The molecule has 2 N–H and O–H groups in total. The van der Waals surface area contributed by atoms with Crippen LogP contribution < -0.4 is 10.6 Å². The Kier molecular flexibility index (Phi) is 7.45. The average molecular weight is 430 g/mol. The molecule has 3 fully saturated rings. The van der Waals surface area contributed by atoms with E-state index in [1.54, 1.807) is 0 Å². The first-order chi connectivity index (χ1) is 15.1. The molecule has 2 saturated carbocycles. The molecule has 1 amide bonds. The highest BCUT2D eigenvalue weighted by molar-refractivity contribution is 5.81. The van der Waals surface area contributed by atoms with Crippen LogP contribution in [0.25, 0.3) is 0 Å². The number of hydrogen-bond donors (Lipinski definition) is 2. The van der Waals surface area contributed by atoms with Crippen LogP contribution in [0.3, 0.4) is 0 Å². The summed E-state index contributed by atoms with van der Waals surface area (Å²) in [4.78, 5) is 19.9. The maximum atomic E-state index is 12.9. The normalized spacial score (nSPS) is 23.9. The molecule has 1 aromatic rings. The van der Waals surface area contributed by atoms with Crippen LogP contribution in [0.4, 0.5) is 0 Å². The van der Waals surface area contributed by atoms with Gasteiger partial charge < -0.3 is 20.1 Å². The van der Waals surface area contributed by atoms with Crippen LogP contribution in [0, 0.1) is 12.8 Å². The number of guanidine groups is 1. The van der Waals surface area contributed by atoms with Crippen molar-refractivity contribution in [2.24, 2.45) is 18.0 Å². The fourth-order valence-electron chi connectivity index (χ4n) is 5.19. The summed E-state index contributed by atoms with van der Waals surface area (Å²) >= 11 is 0. The maximum Gasteiger partial charge on any atom is 0.225 e. The zero-order valence-corrected chi connectivity index (χ0v) is 19.3. The van der Waals surface area contributed by atoms with Crippen LogP contribution in [0.2, 0.25) is 0 Å². The third kappa shape index (κ3) is 5.77. The molecule has 172 valence electrons. The van der Waals surface area contributed by atoms with Crippen LogP contribution >= 0.6 is 0 Å². The van der Waals surface area contributed by atoms with Crippen LogP contribution in [0.5, 0.6) is 0 Å². The number of aromatic nitrogens is 3. The minimum atomic E-state index is 0.250. The van der Waals surface area contributed by atoms with Crippen molar-refractivity contribution in [3.8, 4) is 0 Å². The summed E-state index contributed by atoms with van der Waals surface area (Å²) < 4.78 is 1.99. The Morgan fingerprint density at radius 2 is 1.65 bits per heavy atom. The largest absolute Gasteiger partial charge is 0.354 e. The number of carbonyl (C=O) groups excluding carboxylic acids is 1. The molecular weight excluding hydrogens is 390 g/mol. The third-order valence-corrected chi connectivity index (χ3v) is 7.30. The van der Waals surface area contributed by atoms with Gasteiger partial charge in [-0.05, 0) is 39.0 Å². The van der Waals surface area contributed by atoms with Crippen LogP contribution in [0.15, 0.2) is 4.99 Å². The minimum Gasteiger partial charge on any atom is -0.354 e. The lowest BCUT2D eigenvalue weighted by Crippen LogP contribution is -2.49. The summed E-state index contributed by atoms with van der Waals surface area (Å²) in [6.45, 7) is 4.09. The summed E-state index contributed by atoms with van der Waals surface area (Å²) in [7, 11) is 1.98. The van der Waals surface area contributed by atoms with E-state index in [0.717, 1.165) is 50.0 Å². The van der Waals surface area contributed by atoms with Gasteiger partial charge in [-0.15, -0.1) is 10.2 Å². The lowest BCUT2D eigenvalue weighted by Gasteiger charge is -2.28. The molecule has 0 spiro atoms. The maximum absolute atomic E-state index is 12.9. The van der Waals surface area contributed by atoms with E-state index in [-0.39, 0.29) is 12.0 Å². The molecular formula is C23H39N7O. The molecule has 8 nitrogen and oxygen atoms in total. The van der Waals surface area contributed by atoms with E-state index in [2.05, 4.69) is 25.7 Å². The van der Waals surface area contributed by atoms with Gasteiger partial charge in [-0.2, -0.15) is 0 Å². The van der Waals surface area contributed by atoms with Crippen molar-refractivity contribution in [3.05, 3.63) is 11.6 Å². The highest BCUT2D eigenvalue weighted by atomic mass is 16.2. The number of nitrogens with one attached hydrogen (secondary N) is 2. The fourth-order valence-corrected chi connectivity index (χ4v) is 5.19. The second-order valence-corrected chi connectivity index (χ2v) is 9.62. The quantitative estimate of drug-likeness (QED) is 0.555. The monoisotopic (exact) mass is 429 g/mol. The van der Waals surface area contributed by atoms with Crippen LogP contribution in [-0.4, -0.2) is 56.7 Å². The van der Waals surface area contributed by atoms with Gasteiger partial charge in [0.15, 0.2) is 11.8 Å². The number of carbonyl (C=O) groups is 1. The molecule has 2 aliphatic carbocycles. The molecule has 1 unspecified atom stereocenters. The first kappa shape index (κ1) is 22.1. The number of aliphatic imine (C=N–C) groups is 1. The van der Waals surface area contributed by atoms with E-state index in [1.165, 1.54) is 51.4 Å². The van der Waals surface area contributed by atoms with Gasteiger partial charge in [-0.25, -0.2) is 4.99 Å². The second-order valence-electron chi connectivity index (χ2n) is 9.62. The molecule has 3 aliphatic rings. The van der Waals surface area contributed by atoms with E-state index >= 15 is 0 Å². The number of hydrogen-bond acceptors (Lipinski definition) is 4. The molecule has 4 rings (SSSR count). The van der Waals surface area contributed by atoms with Gasteiger partial charge in [0, 0.05) is 38.1 Å². The summed E-state index contributed by atoms with van der Waals surface area (Å²) in [5.74, 6) is 3.23. The smallest absolute Gasteiger partial charge is 0.225 e. The molecule has 0 bridgehead atoms. The number of amides is 1. The minimum absolute atomic E-state index is 0.250. The number of rotatable bonds is 5. The third-order valence-electron chi connectivity index (χ3n) is 7.30. The van der Waals surface area contributed by atoms with Crippen molar-refractivity contribution in [2.75, 3.05) is 13.1 Å². The topological polar surface area (TPSA) is 87.4 Å². The van der Waals surface area contributed by atoms with Gasteiger partial charge in [0.25, 0.3) is 0 Å². The van der Waals surface area contributed by atoms with Gasteiger partial charge in [0.1, 0.15) is 12.4 Å². The van der Waals surface area contributed by atoms with Gasteiger partial charge in [0.05, 0.1) is 0 Å². The lowest BCUT2D eigenvalue weighted by atomic mass is 9.88. The molecule has 1 aliphatic heterocycles. The summed E-state index contributed by atoms with van der Waals surface area (Å²) in [5.41, 5.74) is 0. The zero-order chi connectivity index (χ0) is 21.6. The van der Waals surface area contributed by atoms with E-state index in [9.17, 15) is 4.79 Å². The van der Waals surface area contributed by atoms with Crippen molar-refractivity contribution in [3.63, 3.8) is 0 Å². The molecule has 1 atom stereocenters. The fraction of sp³-hybridized carbons (Fsp3) is 0.826. The van der Waals surface area contributed by atoms with E-state index < -0.39 is 0 Å². The van der Waals surface area contributed by atoms with Gasteiger partial charge >= 0.3 is 0 Å². The molecule has 1 saturated heterocycles. The molecule has 0 aromatic carbocycles. The Labute approximate surface area is 186 Å². The van der Waals surface area contributed by atoms with E-state index in [1.807, 2.05) is 18.5 Å². The van der Waals surface area contributed by atoms with Crippen molar-refractivity contribution in [1.29, 1.82) is 0 Å². The Balaban J connectivity index is 1.37. The Hall–Kier alpha value is -2.12. The lowest BCUT2D eigenvalue weighted by molar-refractivity contribution is -0.135. The summed E-state index contributed by atoms with van der Waals surface area (Å²) in [6.07, 6.45) is 13.1. The number of aryl methyl sites for hydroxylation is 1. The zero-order valence-electron chi connectivity index (χ0n) is 19.3. The molecule has 2 heterocycles. The van der Waals surface area contributed by atoms with Crippen molar-refractivity contribution in [1.82, 2.24) is 30.3 Å².